The number of nitrogens with one attached hydrogen (secondary N) is 1. The second kappa shape index (κ2) is 4.59. The van der Waals surface area contributed by atoms with Crippen LogP contribution in [0.3, 0.4) is 0 Å². The SMILES string of the molecule is Nc1cc(Cl)ccc1Sc1cc2ccccc2[nH]1. The Morgan fingerprint density at radius 2 is 1.89 bits per heavy atom. The van der Waals surface area contributed by atoms with E-state index in [-0.39, 0.29) is 0 Å². The fourth-order valence-corrected chi connectivity index (χ4v) is 2.91. The van der Waals surface area contributed by atoms with Crippen LogP contribution in [-0.4, -0.2) is 4.98 Å². The first kappa shape index (κ1) is 11.5. The predicted octanol–water partition coefficient (Wildman–Crippen LogP) is 4.55. The molecule has 0 spiro atoms. The number of nitrogen functional groups attached to an aromatic ring is 1. The lowest BCUT2D eigenvalue weighted by Crippen LogP contribution is -1.87. The summed E-state index contributed by atoms with van der Waals surface area (Å²) in [7, 11) is 0. The molecule has 0 aliphatic carbocycles. The van der Waals surface area contributed by atoms with Gasteiger partial charge in [0, 0.05) is 26.5 Å². The van der Waals surface area contributed by atoms with Gasteiger partial charge in [-0.2, -0.15) is 0 Å². The van der Waals surface area contributed by atoms with E-state index >= 15 is 0 Å². The lowest BCUT2D eigenvalue weighted by atomic mass is 10.3. The standard InChI is InChI=1S/C14H11ClN2S/c15-10-5-6-13(11(16)8-10)18-14-7-9-3-1-2-4-12(9)17-14/h1-8,17H,16H2. The minimum absolute atomic E-state index is 0.661. The summed E-state index contributed by atoms with van der Waals surface area (Å²) in [5, 5.41) is 2.94. The summed E-state index contributed by atoms with van der Waals surface area (Å²) in [5.74, 6) is 0. The van der Waals surface area contributed by atoms with E-state index < -0.39 is 0 Å². The van der Waals surface area contributed by atoms with Crippen molar-refractivity contribution in [1.29, 1.82) is 0 Å². The maximum atomic E-state index is 5.94. The molecule has 0 atom stereocenters. The number of hydrogen-bond acceptors (Lipinski definition) is 2. The van der Waals surface area contributed by atoms with E-state index in [9.17, 15) is 0 Å². The topological polar surface area (TPSA) is 41.8 Å². The number of nitrogens with two attached hydrogens (primary N) is 1. The van der Waals surface area contributed by atoms with Crippen LogP contribution in [0, 0.1) is 0 Å². The van der Waals surface area contributed by atoms with Crippen molar-refractivity contribution in [2.24, 2.45) is 0 Å². The van der Waals surface area contributed by atoms with Crippen LogP contribution in [0.25, 0.3) is 10.9 Å². The summed E-state index contributed by atoms with van der Waals surface area (Å²) >= 11 is 7.50. The molecule has 1 heterocycles. The molecule has 0 aliphatic rings. The number of H-pyrrole nitrogens is 1. The van der Waals surface area contributed by atoms with Gasteiger partial charge in [-0.25, -0.2) is 0 Å². The lowest BCUT2D eigenvalue weighted by Gasteiger charge is -2.03. The number of anilines is 1. The Morgan fingerprint density at radius 3 is 2.67 bits per heavy atom. The monoisotopic (exact) mass is 274 g/mol. The van der Waals surface area contributed by atoms with Gasteiger partial charge < -0.3 is 10.7 Å². The average molecular weight is 275 g/mol. The zero-order chi connectivity index (χ0) is 12.5. The number of halogens is 1. The van der Waals surface area contributed by atoms with Gasteiger partial charge in [0.25, 0.3) is 0 Å². The summed E-state index contributed by atoms with van der Waals surface area (Å²) in [6, 6.07) is 15.9. The Bertz CT molecular complexity index is 673. The van der Waals surface area contributed by atoms with E-state index in [0.717, 1.165) is 15.4 Å². The van der Waals surface area contributed by atoms with Crippen molar-refractivity contribution in [1.82, 2.24) is 4.98 Å². The van der Waals surface area contributed by atoms with Gasteiger partial charge in [-0.3, -0.25) is 0 Å². The van der Waals surface area contributed by atoms with Crippen molar-refractivity contribution in [3.8, 4) is 0 Å². The first-order valence-corrected chi connectivity index (χ1v) is 6.72. The summed E-state index contributed by atoms with van der Waals surface area (Å²) < 4.78 is 0. The van der Waals surface area contributed by atoms with Crippen molar-refractivity contribution in [2.45, 2.75) is 9.92 Å². The van der Waals surface area contributed by atoms with E-state index in [4.69, 9.17) is 17.3 Å². The van der Waals surface area contributed by atoms with Crippen LogP contribution >= 0.6 is 23.4 Å². The molecule has 3 N–H and O–H groups in total. The summed E-state index contributed by atoms with van der Waals surface area (Å²) in [6.07, 6.45) is 0. The highest BCUT2D eigenvalue weighted by Gasteiger charge is 2.05. The molecule has 0 radical (unpaired) electrons. The molecule has 0 saturated heterocycles. The summed E-state index contributed by atoms with van der Waals surface area (Å²) in [4.78, 5) is 4.37. The molecule has 0 fully saturated rings. The van der Waals surface area contributed by atoms with Gasteiger partial charge in [-0.05, 0) is 30.3 Å². The Labute approximate surface area is 114 Å². The molecule has 0 aliphatic heterocycles. The highest BCUT2D eigenvalue weighted by Crippen LogP contribution is 2.34. The van der Waals surface area contributed by atoms with E-state index in [1.807, 2.05) is 24.3 Å². The van der Waals surface area contributed by atoms with Crippen molar-refractivity contribution in [3.05, 3.63) is 53.6 Å². The van der Waals surface area contributed by atoms with Gasteiger partial charge in [0.15, 0.2) is 0 Å². The van der Waals surface area contributed by atoms with Gasteiger partial charge in [-0.15, -0.1) is 0 Å². The maximum absolute atomic E-state index is 5.94. The summed E-state index contributed by atoms with van der Waals surface area (Å²) in [5.41, 5.74) is 7.78. The zero-order valence-corrected chi connectivity index (χ0v) is 11.1. The van der Waals surface area contributed by atoms with Crippen LogP contribution in [0.4, 0.5) is 5.69 Å². The molecule has 4 heteroatoms. The van der Waals surface area contributed by atoms with Crippen LogP contribution in [-0.2, 0) is 0 Å². The fourth-order valence-electron chi connectivity index (χ4n) is 1.83. The van der Waals surface area contributed by atoms with Crippen LogP contribution in [0.5, 0.6) is 0 Å². The van der Waals surface area contributed by atoms with Crippen molar-refractivity contribution in [2.75, 3.05) is 5.73 Å². The number of hydrogen-bond donors (Lipinski definition) is 2. The molecular weight excluding hydrogens is 264 g/mol. The van der Waals surface area contributed by atoms with E-state index in [2.05, 4.69) is 23.2 Å². The van der Waals surface area contributed by atoms with E-state index in [0.29, 0.717) is 10.7 Å². The second-order valence-electron chi connectivity index (χ2n) is 4.01. The third kappa shape index (κ3) is 2.19. The van der Waals surface area contributed by atoms with E-state index in [1.165, 1.54) is 5.39 Å². The molecule has 0 unspecified atom stereocenters. The molecule has 3 aromatic rings. The minimum Gasteiger partial charge on any atom is -0.398 e. The number of benzene rings is 2. The quantitative estimate of drug-likeness (QED) is 0.673. The van der Waals surface area contributed by atoms with Gasteiger partial charge in [-0.1, -0.05) is 41.6 Å². The number of para-hydroxylation sites is 1. The Kier molecular flexibility index (Phi) is 2.94. The molecule has 0 saturated carbocycles. The van der Waals surface area contributed by atoms with Gasteiger partial charge in [0.2, 0.25) is 0 Å². The molecule has 0 bridgehead atoms. The van der Waals surface area contributed by atoms with Crippen LogP contribution < -0.4 is 5.73 Å². The van der Waals surface area contributed by atoms with E-state index in [1.54, 1.807) is 17.8 Å². The van der Waals surface area contributed by atoms with Crippen LogP contribution in [0.1, 0.15) is 0 Å². The molecular formula is C14H11ClN2S. The van der Waals surface area contributed by atoms with Gasteiger partial charge in [0.1, 0.15) is 0 Å². The first-order chi connectivity index (χ1) is 8.72. The molecule has 2 nitrogen and oxygen atoms in total. The smallest absolute Gasteiger partial charge is 0.0781 e. The van der Waals surface area contributed by atoms with Crippen molar-refractivity contribution in [3.63, 3.8) is 0 Å². The third-order valence-corrected chi connectivity index (χ3v) is 3.96. The molecule has 18 heavy (non-hydrogen) atoms. The third-order valence-electron chi connectivity index (χ3n) is 2.70. The number of aromatic amines is 1. The van der Waals surface area contributed by atoms with Crippen molar-refractivity contribution < 1.29 is 0 Å². The predicted molar refractivity (Wildman–Crippen MR) is 78.3 cm³/mol. The van der Waals surface area contributed by atoms with Gasteiger partial charge >= 0.3 is 0 Å². The second-order valence-corrected chi connectivity index (χ2v) is 5.53. The molecule has 2 aromatic carbocycles. The first-order valence-electron chi connectivity index (χ1n) is 5.53. The number of rotatable bonds is 2. The normalized spacial score (nSPS) is 10.9. The van der Waals surface area contributed by atoms with Crippen molar-refractivity contribution >= 4 is 40.0 Å². The Morgan fingerprint density at radius 1 is 1.06 bits per heavy atom. The van der Waals surface area contributed by atoms with Crippen LogP contribution in [0.2, 0.25) is 5.02 Å². The number of fused-ring (bicyclic) bond motifs is 1. The Hall–Kier alpha value is -1.58. The fraction of sp³-hybridized carbons (Fsp3) is 0. The van der Waals surface area contributed by atoms with Gasteiger partial charge in [0.05, 0.1) is 5.03 Å². The highest BCUT2D eigenvalue weighted by molar-refractivity contribution is 7.99. The molecule has 1 aromatic heterocycles. The molecule has 3 rings (SSSR count). The molecule has 0 amide bonds. The summed E-state index contributed by atoms with van der Waals surface area (Å²) in [6.45, 7) is 0. The zero-order valence-electron chi connectivity index (χ0n) is 9.48. The highest BCUT2D eigenvalue weighted by atomic mass is 35.5. The van der Waals surface area contributed by atoms with Crippen LogP contribution in [0.15, 0.2) is 58.5 Å². The minimum atomic E-state index is 0.661. The largest absolute Gasteiger partial charge is 0.398 e. The number of aromatic nitrogens is 1. The Balaban J connectivity index is 1.96. The lowest BCUT2D eigenvalue weighted by molar-refractivity contribution is 1.23. The molecule has 90 valence electrons. The average Bonchev–Trinajstić information content (AvgIpc) is 2.75. The maximum Gasteiger partial charge on any atom is 0.0781 e.